The highest BCUT2D eigenvalue weighted by atomic mass is 32.1. The molecule has 0 spiro atoms. The van der Waals surface area contributed by atoms with Crippen LogP contribution in [-0.2, 0) is 22.7 Å². The first-order valence-corrected chi connectivity index (χ1v) is 10.5. The summed E-state index contributed by atoms with van der Waals surface area (Å²) in [5, 5.41) is 13.8. The van der Waals surface area contributed by atoms with Gasteiger partial charge in [-0.1, -0.05) is 6.07 Å². The summed E-state index contributed by atoms with van der Waals surface area (Å²) >= 11 is 1.82. The van der Waals surface area contributed by atoms with Crippen molar-refractivity contribution in [3.05, 3.63) is 40.3 Å². The molecule has 4 heterocycles. The number of carboxylic acids is 1. The van der Waals surface area contributed by atoms with Gasteiger partial charge < -0.3 is 10.0 Å². The lowest BCUT2D eigenvalue weighted by Crippen LogP contribution is -2.39. The second kappa shape index (κ2) is 9.61. The van der Waals surface area contributed by atoms with Gasteiger partial charge in [-0.3, -0.25) is 14.4 Å². The highest BCUT2D eigenvalue weighted by Crippen LogP contribution is 2.26. The molecule has 164 valence electrons. The predicted molar refractivity (Wildman–Crippen MR) is 104 cm³/mol. The van der Waals surface area contributed by atoms with Crippen LogP contribution in [0.1, 0.15) is 35.9 Å². The number of carbonyl (C=O) groups excluding carboxylic acids is 1. The highest BCUT2D eigenvalue weighted by molar-refractivity contribution is 7.09. The summed E-state index contributed by atoms with van der Waals surface area (Å²) < 4.78 is 33.9. The van der Waals surface area contributed by atoms with Gasteiger partial charge in [-0.15, -0.1) is 11.3 Å². The number of carbonyl (C=O) groups is 2. The first kappa shape index (κ1) is 22.3. The Balaban J connectivity index is 0.000000318. The molecule has 2 aromatic heterocycles. The van der Waals surface area contributed by atoms with E-state index in [-0.39, 0.29) is 0 Å². The van der Waals surface area contributed by atoms with Crippen molar-refractivity contribution in [3.63, 3.8) is 0 Å². The van der Waals surface area contributed by atoms with Crippen molar-refractivity contribution in [2.45, 2.75) is 44.6 Å². The van der Waals surface area contributed by atoms with Gasteiger partial charge in [-0.25, -0.2) is 4.79 Å². The van der Waals surface area contributed by atoms with Crippen LogP contribution in [0.5, 0.6) is 0 Å². The molecule has 1 amide bonds. The number of likely N-dealkylation sites (tertiary alicyclic amines) is 1. The summed E-state index contributed by atoms with van der Waals surface area (Å²) in [4.78, 5) is 26.6. The number of aliphatic carboxylic acids is 1. The molecule has 2 aliphatic rings. The highest BCUT2D eigenvalue weighted by Gasteiger charge is 2.38. The van der Waals surface area contributed by atoms with Gasteiger partial charge in [0.05, 0.1) is 11.7 Å². The summed E-state index contributed by atoms with van der Waals surface area (Å²) in [7, 11) is 0. The molecular formula is C19H23F3N4O3S. The Morgan fingerprint density at radius 3 is 2.70 bits per heavy atom. The van der Waals surface area contributed by atoms with E-state index in [0.29, 0.717) is 11.9 Å². The lowest BCUT2D eigenvalue weighted by atomic mass is 10.1. The number of fused-ring (bicyclic) bond motifs is 1. The van der Waals surface area contributed by atoms with E-state index in [1.807, 2.05) is 22.4 Å². The van der Waals surface area contributed by atoms with Gasteiger partial charge in [0, 0.05) is 50.2 Å². The van der Waals surface area contributed by atoms with Crippen LogP contribution < -0.4 is 0 Å². The van der Waals surface area contributed by atoms with E-state index in [4.69, 9.17) is 9.90 Å². The molecule has 1 N–H and O–H groups in total. The summed E-state index contributed by atoms with van der Waals surface area (Å²) in [6.07, 6.45) is -0.456. The molecule has 0 aromatic carbocycles. The van der Waals surface area contributed by atoms with Crippen molar-refractivity contribution >= 4 is 23.2 Å². The number of carboxylic acid groups (broad SMARTS) is 1. The van der Waals surface area contributed by atoms with Crippen LogP contribution in [0.4, 0.5) is 13.2 Å². The molecule has 2 aliphatic heterocycles. The van der Waals surface area contributed by atoms with Crippen molar-refractivity contribution in [1.82, 2.24) is 19.6 Å². The number of halogens is 3. The molecule has 1 saturated heterocycles. The fourth-order valence-corrected chi connectivity index (χ4v) is 4.41. The number of amides is 1. The molecule has 2 aromatic rings. The average molecular weight is 444 g/mol. The number of rotatable bonds is 5. The zero-order valence-electron chi connectivity index (χ0n) is 16.2. The Kier molecular flexibility index (Phi) is 7.14. The Hall–Kier alpha value is -2.40. The zero-order chi connectivity index (χ0) is 21.7. The summed E-state index contributed by atoms with van der Waals surface area (Å²) in [5.41, 5.74) is 1.28. The summed E-state index contributed by atoms with van der Waals surface area (Å²) in [6.45, 7) is 4.75. The molecular weight excluding hydrogens is 421 g/mol. The van der Waals surface area contributed by atoms with Crippen LogP contribution in [0.3, 0.4) is 0 Å². The van der Waals surface area contributed by atoms with Crippen LogP contribution in [0.2, 0.25) is 0 Å². The van der Waals surface area contributed by atoms with Gasteiger partial charge in [0.25, 0.3) is 0 Å². The van der Waals surface area contributed by atoms with E-state index < -0.39 is 12.1 Å². The Bertz CT molecular complexity index is 854. The second-order valence-corrected chi connectivity index (χ2v) is 8.28. The molecule has 0 radical (unpaired) electrons. The minimum absolute atomic E-state index is 0.317. The number of aromatic nitrogens is 2. The molecule has 4 rings (SSSR count). The van der Waals surface area contributed by atoms with E-state index >= 15 is 0 Å². The number of hydrogen-bond donors (Lipinski definition) is 1. The van der Waals surface area contributed by atoms with Crippen LogP contribution in [-0.4, -0.2) is 62.4 Å². The van der Waals surface area contributed by atoms with Crippen molar-refractivity contribution in [2.75, 3.05) is 19.6 Å². The largest absolute Gasteiger partial charge is 0.490 e. The van der Waals surface area contributed by atoms with Crippen molar-refractivity contribution in [2.24, 2.45) is 0 Å². The first-order chi connectivity index (χ1) is 14.2. The zero-order valence-corrected chi connectivity index (χ0v) is 17.0. The molecule has 30 heavy (non-hydrogen) atoms. The Morgan fingerprint density at radius 1 is 1.33 bits per heavy atom. The van der Waals surface area contributed by atoms with E-state index in [1.54, 1.807) is 0 Å². The van der Waals surface area contributed by atoms with Crippen molar-refractivity contribution in [3.8, 4) is 0 Å². The average Bonchev–Trinajstić information content (AvgIpc) is 3.42. The van der Waals surface area contributed by atoms with Gasteiger partial charge in [-0.2, -0.15) is 18.3 Å². The molecule has 0 bridgehead atoms. The summed E-state index contributed by atoms with van der Waals surface area (Å²) in [6, 6.07) is 6.80. The normalized spacial score (nSPS) is 19.4. The van der Waals surface area contributed by atoms with Gasteiger partial charge >= 0.3 is 12.1 Å². The van der Waals surface area contributed by atoms with E-state index in [0.717, 1.165) is 52.0 Å². The topological polar surface area (TPSA) is 78.7 Å². The number of nitrogens with zero attached hydrogens (tertiary/aromatic N) is 4. The smallest absolute Gasteiger partial charge is 0.475 e. The Morgan fingerprint density at radius 2 is 2.10 bits per heavy atom. The Labute approximate surface area is 175 Å². The quantitative estimate of drug-likeness (QED) is 0.767. The van der Waals surface area contributed by atoms with Gasteiger partial charge in [-0.05, 0) is 30.4 Å². The van der Waals surface area contributed by atoms with Gasteiger partial charge in [0.1, 0.15) is 0 Å². The van der Waals surface area contributed by atoms with Gasteiger partial charge in [0.2, 0.25) is 5.91 Å². The molecule has 1 unspecified atom stereocenters. The minimum atomic E-state index is -5.08. The van der Waals surface area contributed by atoms with Gasteiger partial charge in [0.15, 0.2) is 0 Å². The van der Waals surface area contributed by atoms with Crippen molar-refractivity contribution < 1.29 is 27.9 Å². The molecule has 1 atom stereocenters. The van der Waals surface area contributed by atoms with Crippen LogP contribution in [0.15, 0.2) is 29.8 Å². The van der Waals surface area contributed by atoms with Crippen molar-refractivity contribution in [1.29, 1.82) is 0 Å². The number of thiophene rings is 1. The third-order valence-corrected chi connectivity index (χ3v) is 5.92. The SMILES string of the molecule is O=C(O)C(F)(F)F.O=C1CCCN1CCC1CN(Cc2cccs2)Cc2ccnn21. The monoisotopic (exact) mass is 444 g/mol. The minimum Gasteiger partial charge on any atom is -0.475 e. The molecule has 0 saturated carbocycles. The molecule has 1 fully saturated rings. The third-order valence-electron chi connectivity index (χ3n) is 5.06. The molecule has 7 nitrogen and oxygen atoms in total. The summed E-state index contributed by atoms with van der Waals surface area (Å²) in [5.74, 6) is -2.44. The van der Waals surface area contributed by atoms with E-state index in [1.165, 1.54) is 10.6 Å². The number of alkyl halides is 3. The third kappa shape index (κ3) is 5.82. The van der Waals surface area contributed by atoms with Crippen LogP contribution in [0, 0.1) is 0 Å². The maximum atomic E-state index is 11.8. The molecule has 11 heteroatoms. The standard InChI is InChI=1S/C17H22N4OS.C2HF3O2/c22-17-4-1-8-20(17)9-6-15-12-19(13-16-3-2-10-23-16)11-14-5-7-18-21(14)15;3-2(4,5)1(6)7/h2-3,5,7,10,15H,1,4,6,8-9,11-13H2;(H,6,7). The molecule has 0 aliphatic carbocycles. The lowest BCUT2D eigenvalue weighted by Gasteiger charge is -2.34. The maximum Gasteiger partial charge on any atom is 0.490 e. The number of hydrogen-bond acceptors (Lipinski definition) is 5. The van der Waals surface area contributed by atoms with E-state index in [2.05, 4.69) is 38.3 Å². The first-order valence-electron chi connectivity index (χ1n) is 9.59. The van der Waals surface area contributed by atoms with E-state index in [9.17, 15) is 18.0 Å². The van der Waals surface area contributed by atoms with Crippen LogP contribution in [0.25, 0.3) is 0 Å². The lowest BCUT2D eigenvalue weighted by molar-refractivity contribution is -0.192. The predicted octanol–water partition coefficient (Wildman–Crippen LogP) is 3.15. The second-order valence-electron chi connectivity index (χ2n) is 7.25. The fraction of sp³-hybridized carbons (Fsp3) is 0.526. The van der Waals surface area contributed by atoms with Crippen LogP contribution >= 0.6 is 11.3 Å². The maximum absolute atomic E-state index is 11.8. The fourth-order valence-electron chi connectivity index (χ4n) is 3.67.